The Kier molecular flexibility index (Phi) is 7.52. The van der Waals surface area contributed by atoms with Crippen molar-refractivity contribution in [1.82, 2.24) is 24.1 Å². The third-order valence-electron chi connectivity index (χ3n) is 5.82. The number of aromatic nitrogens is 5. The first-order valence-corrected chi connectivity index (χ1v) is 11.7. The zero-order valence-corrected chi connectivity index (χ0v) is 19.7. The molecule has 4 aromatic rings. The topological polar surface area (TPSA) is 94.2 Å². The molecule has 1 aliphatic rings. The van der Waals surface area contributed by atoms with Crippen LogP contribution in [-0.2, 0) is 20.8 Å². The molecule has 0 amide bonds. The summed E-state index contributed by atoms with van der Waals surface area (Å²) >= 11 is 0. The van der Waals surface area contributed by atoms with Crippen LogP contribution in [0.1, 0.15) is 12.8 Å². The Morgan fingerprint density at radius 3 is 2.66 bits per heavy atom. The molecule has 184 valence electrons. The van der Waals surface area contributed by atoms with E-state index in [0.717, 1.165) is 48.7 Å². The number of ether oxygens (including phenoxy) is 5. The van der Waals surface area contributed by atoms with Gasteiger partial charge in [-0.05, 0) is 43.2 Å². The number of methoxy groups -OCH3 is 1. The quantitative estimate of drug-likeness (QED) is 0.301. The lowest BCUT2D eigenvalue weighted by Gasteiger charge is -2.22. The molecule has 0 spiro atoms. The average Bonchev–Trinajstić information content (AvgIpc) is 3.56. The number of rotatable bonds is 11. The van der Waals surface area contributed by atoms with E-state index in [0.29, 0.717) is 38.0 Å². The van der Waals surface area contributed by atoms with Gasteiger partial charge in [0, 0.05) is 38.5 Å². The van der Waals surface area contributed by atoms with E-state index in [1.807, 2.05) is 45.4 Å². The first-order valence-electron chi connectivity index (χ1n) is 11.7. The van der Waals surface area contributed by atoms with Crippen LogP contribution in [0.15, 0.2) is 55.2 Å². The summed E-state index contributed by atoms with van der Waals surface area (Å²) in [6.45, 7) is 3.83. The van der Waals surface area contributed by atoms with Crippen molar-refractivity contribution in [2.75, 3.05) is 40.1 Å². The van der Waals surface area contributed by atoms with Crippen LogP contribution in [0, 0.1) is 0 Å². The second-order valence-electron chi connectivity index (χ2n) is 8.22. The minimum Gasteiger partial charge on any atom is -0.491 e. The van der Waals surface area contributed by atoms with Crippen molar-refractivity contribution in [2.45, 2.75) is 25.5 Å². The van der Waals surface area contributed by atoms with Gasteiger partial charge in [0.2, 0.25) is 5.88 Å². The molecule has 0 bridgehead atoms. The molecule has 5 rings (SSSR count). The molecular formula is C25H29N5O5. The summed E-state index contributed by atoms with van der Waals surface area (Å²) in [5, 5.41) is 8.36. The predicted octanol–water partition coefficient (Wildman–Crippen LogP) is 3.61. The van der Waals surface area contributed by atoms with Gasteiger partial charge >= 0.3 is 0 Å². The fourth-order valence-corrected chi connectivity index (χ4v) is 3.98. The Balaban J connectivity index is 1.24. The summed E-state index contributed by atoms with van der Waals surface area (Å²) < 4.78 is 32.3. The monoisotopic (exact) mass is 479 g/mol. The van der Waals surface area contributed by atoms with Crippen molar-refractivity contribution in [2.24, 2.45) is 0 Å². The van der Waals surface area contributed by atoms with Crippen LogP contribution >= 0.6 is 0 Å². The van der Waals surface area contributed by atoms with Crippen molar-refractivity contribution in [3.05, 3.63) is 55.2 Å². The molecule has 0 aliphatic carbocycles. The second-order valence-corrected chi connectivity index (χ2v) is 8.22. The fraction of sp³-hybridized carbons (Fsp3) is 0.400. The number of hydrogen-bond donors (Lipinski definition) is 0. The minimum absolute atomic E-state index is 0.271. The molecule has 0 saturated carbocycles. The van der Waals surface area contributed by atoms with Crippen molar-refractivity contribution in [3.63, 3.8) is 0 Å². The molecule has 0 unspecified atom stereocenters. The summed E-state index contributed by atoms with van der Waals surface area (Å²) in [5.74, 6) is 2.81. The van der Waals surface area contributed by atoms with E-state index in [2.05, 4.69) is 15.2 Å². The van der Waals surface area contributed by atoms with Gasteiger partial charge in [-0.3, -0.25) is 4.40 Å². The molecule has 4 heterocycles. The Morgan fingerprint density at radius 2 is 1.83 bits per heavy atom. The molecule has 10 heteroatoms. The van der Waals surface area contributed by atoms with Crippen molar-refractivity contribution in [3.8, 4) is 28.8 Å². The first kappa shape index (κ1) is 23.3. The van der Waals surface area contributed by atoms with Gasteiger partial charge in [-0.25, -0.2) is 4.98 Å². The maximum atomic E-state index is 6.22. The number of fused-ring (bicyclic) bond motifs is 1. The van der Waals surface area contributed by atoms with E-state index in [4.69, 9.17) is 23.7 Å². The van der Waals surface area contributed by atoms with Crippen molar-refractivity contribution < 1.29 is 23.7 Å². The van der Waals surface area contributed by atoms with E-state index < -0.39 is 0 Å². The molecule has 1 saturated heterocycles. The molecular weight excluding hydrogens is 450 g/mol. The SMILES string of the molecule is COCCn1cnnc1-c1cc(Oc2ccc(OCCOC3CCOCC3)cc2)n2cncc2c1. The summed E-state index contributed by atoms with van der Waals surface area (Å²) in [4.78, 5) is 4.27. The van der Waals surface area contributed by atoms with E-state index >= 15 is 0 Å². The highest BCUT2D eigenvalue weighted by Crippen LogP contribution is 2.29. The normalized spacial score (nSPS) is 14.4. The molecule has 0 radical (unpaired) electrons. The maximum absolute atomic E-state index is 6.22. The molecule has 1 fully saturated rings. The summed E-state index contributed by atoms with van der Waals surface area (Å²) in [5.41, 5.74) is 1.77. The molecule has 10 nitrogen and oxygen atoms in total. The highest BCUT2D eigenvalue weighted by Gasteiger charge is 2.15. The predicted molar refractivity (Wildman–Crippen MR) is 128 cm³/mol. The number of benzene rings is 1. The van der Waals surface area contributed by atoms with Gasteiger partial charge < -0.3 is 28.3 Å². The Bertz CT molecular complexity index is 1220. The van der Waals surface area contributed by atoms with Crippen LogP contribution in [0.5, 0.6) is 17.4 Å². The van der Waals surface area contributed by atoms with Crippen molar-refractivity contribution >= 4 is 5.52 Å². The fourth-order valence-electron chi connectivity index (χ4n) is 3.98. The van der Waals surface area contributed by atoms with Crippen LogP contribution in [0.2, 0.25) is 0 Å². The maximum Gasteiger partial charge on any atom is 0.206 e. The van der Waals surface area contributed by atoms with Crippen LogP contribution in [-0.4, -0.2) is 70.4 Å². The second kappa shape index (κ2) is 11.3. The highest BCUT2D eigenvalue weighted by atomic mass is 16.5. The standard InChI is InChI=1S/C25H29N5O5/c1-31-11-8-29-18-27-28-25(29)19-14-20-16-26-17-30(20)24(15-19)35-23-4-2-21(3-5-23)33-12-13-34-22-6-9-32-10-7-22/h2-5,14-18,22H,6-13H2,1H3. The molecule has 1 aromatic carbocycles. The lowest BCUT2D eigenvalue weighted by atomic mass is 10.2. The zero-order chi connectivity index (χ0) is 23.9. The van der Waals surface area contributed by atoms with Gasteiger partial charge in [-0.2, -0.15) is 0 Å². The minimum atomic E-state index is 0.271. The van der Waals surface area contributed by atoms with E-state index in [9.17, 15) is 0 Å². The third-order valence-corrected chi connectivity index (χ3v) is 5.82. The molecule has 1 aliphatic heterocycles. The average molecular weight is 480 g/mol. The lowest BCUT2D eigenvalue weighted by molar-refractivity contribution is -0.0388. The van der Waals surface area contributed by atoms with Gasteiger partial charge in [0.15, 0.2) is 5.82 Å². The molecule has 0 atom stereocenters. The van der Waals surface area contributed by atoms with E-state index in [1.165, 1.54) is 0 Å². The molecule has 35 heavy (non-hydrogen) atoms. The van der Waals surface area contributed by atoms with Crippen LogP contribution in [0.3, 0.4) is 0 Å². The van der Waals surface area contributed by atoms with Gasteiger partial charge in [0.1, 0.15) is 30.8 Å². The Labute approximate surface area is 203 Å². The van der Waals surface area contributed by atoms with E-state index in [1.54, 1.807) is 26.0 Å². The van der Waals surface area contributed by atoms with Crippen molar-refractivity contribution in [1.29, 1.82) is 0 Å². The van der Waals surface area contributed by atoms with Gasteiger partial charge in [0.05, 0.1) is 31.0 Å². The van der Waals surface area contributed by atoms with Crippen LogP contribution in [0.4, 0.5) is 0 Å². The van der Waals surface area contributed by atoms with Gasteiger partial charge in [-0.1, -0.05) is 0 Å². The molecule has 3 aromatic heterocycles. The number of nitrogens with zero attached hydrogens (tertiary/aromatic N) is 5. The van der Waals surface area contributed by atoms with Gasteiger partial charge in [-0.15, -0.1) is 10.2 Å². The Hall–Kier alpha value is -3.47. The first-order chi connectivity index (χ1) is 17.3. The largest absolute Gasteiger partial charge is 0.491 e. The number of imidazole rings is 1. The number of hydrogen-bond acceptors (Lipinski definition) is 8. The van der Waals surface area contributed by atoms with E-state index in [-0.39, 0.29) is 6.10 Å². The Morgan fingerprint density at radius 1 is 1.00 bits per heavy atom. The van der Waals surface area contributed by atoms with Gasteiger partial charge in [0.25, 0.3) is 0 Å². The lowest BCUT2D eigenvalue weighted by Crippen LogP contribution is -2.25. The smallest absolute Gasteiger partial charge is 0.206 e. The molecule has 0 N–H and O–H groups in total. The van der Waals surface area contributed by atoms with Crippen LogP contribution in [0.25, 0.3) is 16.9 Å². The highest BCUT2D eigenvalue weighted by molar-refractivity contribution is 5.66. The number of pyridine rings is 1. The summed E-state index contributed by atoms with van der Waals surface area (Å²) in [7, 11) is 1.67. The third kappa shape index (κ3) is 5.79. The summed E-state index contributed by atoms with van der Waals surface area (Å²) in [6.07, 6.45) is 7.37. The summed E-state index contributed by atoms with van der Waals surface area (Å²) in [6, 6.07) is 11.5. The van der Waals surface area contributed by atoms with Crippen LogP contribution < -0.4 is 9.47 Å². The zero-order valence-electron chi connectivity index (χ0n) is 19.7.